The van der Waals surface area contributed by atoms with E-state index in [1.54, 1.807) is 24.3 Å². The van der Waals surface area contributed by atoms with Crippen LogP contribution >= 0.6 is 0 Å². The first-order chi connectivity index (χ1) is 6.74. The van der Waals surface area contributed by atoms with Gasteiger partial charge in [0.2, 0.25) is 0 Å². The molecule has 3 nitrogen and oxygen atoms in total. The second kappa shape index (κ2) is 7.09. The fourth-order valence-electron chi connectivity index (χ4n) is 0.969. The Labute approximate surface area is 84.8 Å². The Morgan fingerprint density at radius 1 is 1.29 bits per heavy atom. The largest absolute Gasteiger partial charge is 0.478 e. The van der Waals surface area contributed by atoms with Crippen molar-refractivity contribution in [1.82, 2.24) is 5.32 Å². The molecule has 78 valence electrons. The molecule has 0 fully saturated rings. The molecule has 0 radical (unpaired) electrons. The summed E-state index contributed by atoms with van der Waals surface area (Å²) in [6.07, 6.45) is 0. The summed E-state index contributed by atoms with van der Waals surface area (Å²) in [4.78, 5) is 10.5. The number of nitrogens with one attached hydrogen (secondary N) is 1. The molecule has 0 atom stereocenters. The Morgan fingerprint density at radius 2 is 1.79 bits per heavy atom. The van der Waals surface area contributed by atoms with E-state index in [9.17, 15) is 4.79 Å². The fraction of sp³-hybridized carbons (Fsp3) is 0.364. The summed E-state index contributed by atoms with van der Waals surface area (Å²) in [5.74, 6) is -0.883. The minimum Gasteiger partial charge on any atom is -0.478 e. The Morgan fingerprint density at radius 3 is 2.14 bits per heavy atom. The molecule has 0 heterocycles. The van der Waals surface area contributed by atoms with E-state index in [1.807, 2.05) is 20.9 Å². The van der Waals surface area contributed by atoms with E-state index in [4.69, 9.17) is 5.11 Å². The topological polar surface area (TPSA) is 49.3 Å². The molecule has 0 bridgehead atoms. The van der Waals surface area contributed by atoms with Crippen molar-refractivity contribution in [2.75, 3.05) is 7.05 Å². The second-order valence-electron chi connectivity index (χ2n) is 2.53. The molecular formula is C11H17NO2. The molecule has 0 amide bonds. The van der Waals surface area contributed by atoms with Crippen LogP contribution in [0.1, 0.15) is 29.8 Å². The summed E-state index contributed by atoms with van der Waals surface area (Å²) in [5, 5.41) is 11.6. The van der Waals surface area contributed by atoms with Gasteiger partial charge >= 0.3 is 5.97 Å². The molecule has 0 aliphatic carbocycles. The van der Waals surface area contributed by atoms with E-state index in [1.165, 1.54) is 0 Å². The van der Waals surface area contributed by atoms with Crippen LogP contribution in [0, 0.1) is 0 Å². The average molecular weight is 195 g/mol. The van der Waals surface area contributed by atoms with E-state index in [2.05, 4.69) is 5.32 Å². The summed E-state index contributed by atoms with van der Waals surface area (Å²) in [6.45, 7) is 4.76. The van der Waals surface area contributed by atoms with Crippen molar-refractivity contribution < 1.29 is 9.90 Å². The Balaban J connectivity index is 0.000000791. The SMILES string of the molecule is CC.CNCc1ccc(C(=O)O)cc1. The fourth-order valence-corrected chi connectivity index (χ4v) is 0.969. The number of carboxylic acids is 1. The van der Waals surface area contributed by atoms with E-state index in [-0.39, 0.29) is 0 Å². The maximum atomic E-state index is 10.5. The molecule has 1 aromatic carbocycles. The normalized spacial score (nSPS) is 8.79. The molecule has 0 aliphatic heterocycles. The van der Waals surface area contributed by atoms with Gasteiger partial charge in [0, 0.05) is 6.54 Å². The van der Waals surface area contributed by atoms with Crippen LogP contribution in [0.5, 0.6) is 0 Å². The highest BCUT2D eigenvalue weighted by molar-refractivity contribution is 5.87. The van der Waals surface area contributed by atoms with Crippen molar-refractivity contribution in [1.29, 1.82) is 0 Å². The first kappa shape index (κ1) is 12.7. The zero-order chi connectivity index (χ0) is 11.0. The molecule has 0 unspecified atom stereocenters. The van der Waals surface area contributed by atoms with Crippen LogP contribution in [0.3, 0.4) is 0 Å². The number of carboxylic acid groups (broad SMARTS) is 1. The van der Waals surface area contributed by atoms with Gasteiger partial charge in [0.15, 0.2) is 0 Å². The van der Waals surface area contributed by atoms with Crippen molar-refractivity contribution in [3.05, 3.63) is 35.4 Å². The lowest BCUT2D eigenvalue weighted by Gasteiger charge is -1.99. The van der Waals surface area contributed by atoms with Crippen LogP contribution < -0.4 is 5.32 Å². The van der Waals surface area contributed by atoms with Gasteiger partial charge in [-0.3, -0.25) is 0 Å². The molecule has 0 aliphatic rings. The number of benzene rings is 1. The summed E-state index contributed by atoms with van der Waals surface area (Å²) >= 11 is 0. The third-order valence-corrected chi connectivity index (χ3v) is 1.58. The predicted molar refractivity (Wildman–Crippen MR) is 57.5 cm³/mol. The van der Waals surface area contributed by atoms with Crippen molar-refractivity contribution >= 4 is 5.97 Å². The van der Waals surface area contributed by atoms with E-state index >= 15 is 0 Å². The van der Waals surface area contributed by atoms with Gasteiger partial charge in [-0.1, -0.05) is 26.0 Å². The second-order valence-corrected chi connectivity index (χ2v) is 2.53. The Hall–Kier alpha value is -1.35. The van der Waals surface area contributed by atoms with Gasteiger partial charge in [-0.05, 0) is 24.7 Å². The number of hydrogen-bond acceptors (Lipinski definition) is 2. The summed E-state index contributed by atoms with van der Waals surface area (Å²) in [6, 6.07) is 6.82. The predicted octanol–water partition coefficient (Wildman–Crippen LogP) is 2.13. The standard InChI is InChI=1S/C9H11NO2.C2H6/c1-10-6-7-2-4-8(5-3-7)9(11)12;1-2/h2-5,10H,6H2,1H3,(H,11,12);1-2H3. The lowest BCUT2D eigenvalue weighted by atomic mass is 10.1. The van der Waals surface area contributed by atoms with Crippen LogP contribution in [-0.2, 0) is 6.54 Å². The molecule has 1 rings (SSSR count). The number of rotatable bonds is 3. The third kappa shape index (κ3) is 4.05. The highest BCUT2D eigenvalue weighted by Crippen LogP contribution is 2.03. The van der Waals surface area contributed by atoms with Gasteiger partial charge in [0.25, 0.3) is 0 Å². The highest BCUT2D eigenvalue weighted by atomic mass is 16.4. The van der Waals surface area contributed by atoms with Crippen LogP contribution in [0.25, 0.3) is 0 Å². The van der Waals surface area contributed by atoms with E-state index < -0.39 is 5.97 Å². The van der Waals surface area contributed by atoms with Crippen molar-refractivity contribution in [3.63, 3.8) is 0 Å². The zero-order valence-corrected chi connectivity index (χ0v) is 8.87. The van der Waals surface area contributed by atoms with Crippen molar-refractivity contribution in [3.8, 4) is 0 Å². The van der Waals surface area contributed by atoms with Crippen LogP contribution in [0.2, 0.25) is 0 Å². The summed E-state index contributed by atoms with van der Waals surface area (Å²) in [5.41, 5.74) is 1.41. The Bertz CT molecular complexity index is 267. The number of hydrogen-bond donors (Lipinski definition) is 2. The van der Waals surface area contributed by atoms with Gasteiger partial charge in [-0.15, -0.1) is 0 Å². The molecule has 1 aromatic rings. The van der Waals surface area contributed by atoms with Gasteiger partial charge in [0.1, 0.15) is 0 Å². The van der Waals surface area contributed by atoms with Gasteiger partial charge < -0.3 is 10.4 Å². The smallest absolute Gasteiger partial charge is 0.335 e. The van der Waals surface area contributed by atoms with Crippen molar-refractivity contribution in [2.45, 2.75) is 20.4 Å². The number of carbonyl (C=O) groups is 1. The number of aromatic carboxylic acids is 1. The minimum atomic E-state index is -0.883. The highest BCUT2D eigenvalue weighted by Gasteiger charge is 2.00. The molecule has 0 saturated heterocycles. The lowest BCUT2D eigenvalue weighted by Crippen LogP contribution is -2.05. The molecule has 3 heteroatoms. The zero-order valence-electron chi connectivity index (χ0n) is 8.87. The summed E-state index contributed by atoms with van der Waals surface area (Å²) in [7, 11) is 1.85. The average Bonchev–Trinajstić information content (AvgIpc) is 2.22. The van der Waals surface area contributed by atoms with E-state index in [0.717, 1.165) is 12.1 Å². The molecule has 0 saturated carbocycles. The summed E-state index contributed by atoms with van der Waals surface area (Å²) < 4.78 is 0. The van der Waals surface area contributed by atoms with Gasteiger partial charge in [0.05, 0.1) is 5.56 Å². The Kier molecular flexibility index (Phi) is 6.41. The van der Waals surface area contributed by atoms with Crippen LogP contribution in [-0.4, -0.2) is 18.1 Å². The van der Waals surface area contributed by atoms with E-state index in [0.29, 0.717) is 5.56 Å². The molecule has 14 heavy (non-hydrogen) atoms. The van der Waals surface area contributed by atoms with Gasteiger partial charge in [-0.2, -0.15) is 0 Å². The van der Waals surface area contributed by atoms with Crippen LogP contribution in [0.15, 0.2) is 24.3 Å². The molecular weight excluding hydrogens is 178 g/mol. The molecule has 0 spiro atoms. The van der Waals surface area contributed by atoms with Crippen molar-refractivity contribution in [2.24, 2.45) is 0 Å². The maximum Gasteiger partial charge on any atom is 0.335 e. The molecule has 2 N–H and O–H groups in total. The third-order valence-electron chi connectivity index (χ3n) is 1.58. The lowest BCUT2D eigenvalue weighted by molar-refractivity contribution is 0.0697. The maximum absolute atomic E-state index is 10.5. The monoisotopic (exact) mass is 195 g/mol. The quantitative estimate of drug-likeness (QED) is 0.776. The minimum absolute atomic E-state index is 0.329. The first-order valence-corrected chi connectivity index (χ1v) is 4.71. The first-order valence-electron chi connectivity index (χ1n) is 4.71. The molecule has 0 aromatic heterocycles. The van der Waals surface area contributed by atoms with Crippen LogP contribution in [0.4, 0.5) is 0 Å². The van der Waals surface area contributed by atoms with Gasteiger partial charge in [-0.25, -0.2) is 4.79 Å².